The van der Waals surface area contributed by atoms with Crippen LogP contribution in [-0.2, 0) is 11.2 Å². The van der Waals surface area contributed by atoms with Gasteiger partial charge in [0.25, 0.3) is 5.91 Å². The van der Waals surface area contributed by atoms with Gasteiger partial charge in [-0.25, -0.2) is 4.68 Å². The Morgan fingerprint density at radius 2 is 1.78 bits per heavy atom. The normalized spacial score (nSPS) is 13.2. The van der Waals surface area contributed by atoms with Crippen LogP contribution in [0.3, 0.4) is 0 Å². The van der Waals surface area contributed by atoms with Crippen LogP contribution in [0.2, 0.25) is 15.1 Å². The van der Waals surface area contributed by atoms with Crippen LogP contribution in [0, 0.1) is 13.8 Å². The van der Waals surface area contributed by atoms with E-state index in [2.05, 4.69) is 15.7 Å². The van der Waals surface area contributed by atoms with E-state index in [0.29, 0.717) is 26.3 Å². The van der Waals surface area contributed by atoms with Crippen molar-refractivity contribution in [3.8, 4) is 5.69 Å². The monoisotopic (exact) mass is 490 g/mol. The van der Waals surface area contributed by atoms with Crippen molar-refractivity contribution in [1.82, 2.24) is 15.1 Å². The van der Waals surface area contributed by atoms with Crippen molar-refractivity contribution in [1.29, 1.82) is 0 Å². The molecule has 9 heteroatoms. The summed E-state index contributed by atoms with van der Waals surface area (Å²) in [5.41, 5.74) is 4.08. The predicted molar refractivity (Wildman–Crippen MR) is 127 cm³/mol. The van der Waals surface area contributed by atoms with Crippen molar-refractivity contribution in [3.05, 3.63) is 74.0 Å². The predicted octanol–water partition coefficient (Wildman–Crippen LogP) is 5.52. The molecule has 6 nitrogen and oxygen atoms in total. The summed E-state index contributed by atoms with van der Waals surface area (Å²) in [4.78, 5) is 24.9. The molecule has 1 fully saturated rings. The Morgan fingerprint density at radius 1 is 1.03 bits per heavy atom. The maximum atomic E-state index is 12.7. The fourth-order valence-electron chi connectivity index (χ4n) is 3.43. The van der Waals surface area contributed by atoms with E-state index in [-0.39, 0.29) is 24.3 Å². The molecule has 0 aliphatic heterocycles. The lowest BCUT2D eigenvalue weighted by Gasteiger charge is -2.10. The van der Waals surface area contributed by atoms with E-state index in [0.717, 1.165) is 35.5 Å². The van der Waals surface area contributed by atoms with Gasteiger partial charge in [0.05, 0.1) is 38.4 Å². The Bertz CT molecular complexity index is 1220. The first-order chi connectivity index (χ1) is 15.2. The Kier molecular flexibility index (Phi) is 6.47. The van der Waals surface area contributed by atoms with Crippen LogP contribution in [0.4, 0.5) is 5.69 Å². The number of aryl methyl sites for hydroxylation is 1. The van der Waals surface area contributed by atoms with E-state index in [1.54, 1.807) is 35.0 Å². The molecule has 1 aliphatic carbocycles. The zero-order chi connectivity index (χ0) is 23.0. The third-order valence-electron chi connectivity index (χ3n) is 5.34. The molecule has 2 amide bonds. The second-order valence-electron chi connectivity index (χ2n) is 7.83. The molecule has 0 bridgehead atoms. The van der Waals surface area contributed by atoms with Gasteiger partial charge in [-0.1, -0.05) is 34.8 Å². The van der Waals surface area contributed by atoms with Crippen LogP contribution >= 0.6 is 34.8 Å². The van der Waals surface area contributed by atoms with E-state index in [9.17, 15) is 9.59 Å². The average molecular weight is 492 g/mol. The van der Waals surface area contributed by atoms with E-state index in [1.807, 2.05) is 19.9 Å². The van der Waals surface area contributed by atoms with Gasteiger partial charge in [0.1, 0.15) is 0 Å². The number of hydrogen-bond donors (Lipinski definition) is 2. The largest absolute Gasteiger partial charge is 0.349 e. The van der Waals surface area contributed by atoms with Crippen molar-refractivity contribution in [3.63, 3.8) is 0 Å². The number of benzene rings is 2. The number of anilines is 1. The number of aromatic nitrogens is 2. The van der Waals surface area contributed by atoms with Crippen molar-refractivity contribution < 1.29 is 9.59 Å². The first kappa shape index (κ1) is 22.6. The standard InChI is InChI=1S/C23H21Cl3N4O2/c1-12-18(13(2)30(29-12)16-6-8-19(24)21(26)10-16)11-22(31)27-15-5-7-17(20(25)9-15)23(32)28-14-3-4-14/h5-10,14H,3-4,11H2,1-2H3,(H,27,31)(H,28,32). The third-order valence-corrected chi connectivity index (χ3v) is 6.39. The zero-order valence-corrected chi connectivity index (χ0v) is 19.8. The van der Waals surface area contributed by atoms with Gasteiger partial charge < -0.3 is 10.6 Å². The smallest absolute Gasteiger partial charge is 0.253 e. The fourth-order valence-corrected chi connectivity index (χ4v) is 3.99. The average Bonchev–Trinajstić information content (AvgIpc) is 3.51. The topological polar surface area (TPSA) is 76.0 Å². The number of halogens is 3. The quantitative estimate of drug-likeness (QED) is 0.476. The second kappa shape index (κ2) is 9.14. The number of carbonyl (C=O) groups excluding carboxylic acids is 2. The molecule has 1 aromatic heterocycles. The van der Waals surface area contributed by atoms with Gasteiger partial charge >= 0.3 is 0 Å². The molecule has 1 heterocycles. The molecule has 0 radical (unpaired) electrons. The Hall–Kier alpha value is -2.54. The maximum absolute atomic E-state index is 12.7. The van der Waals surface area contributed by atoms with Crippen molar-refractivity contribution in [2.45, 2.75) is 39.2 Å². The highest BCUT2D eigenvalue weighted by Gasteiger charge is 2.25. The number of rotatable bonds is 6. The molecular weight excluding hydrogens is 471 g/mol. The summed E-state index contributed by atoms with van der Waals surface area (Å²) in [5.74, 6) is -0.410. The minimum absolute atomic E-state index is 0.139. The second-order valence-corrected chi connectivity index (χ2v) is 9.05. The fraction of sp³-hybridized carbons (Fsp3) is 0.261. The maximum Gasteiger partial charge on any atom is 0.253 e. The van der Waals surface area contributed by atoms with Crippen LogP contribution in [-0.4, -0.2) is 27.6 Å². The number of hydrogen-bond acceptors (Lipinski definition) is 3. The highest BCUT2D eigenvalue weighted by atomic mass is 35.5. The van der Waals surface area contributed by atoms with Gasteiger partial charge in [0.15, 0.2) is 0 Å². The van der Waals surface area contributed by atoms with Crippen molar-refractivity contribution >= 4 is 52.3 Å². The van der Waals surface area contributed by atoms with Crippen LogP contribution in [0.1, 0.15) is 40.2 Å². The summed E-state index contributed by atoms with van der Waals surface area (Å²) < 4.78 is 1.74. The number of carbonyl (C=O) groups is 2. The summed E-state index contributed by atoms with van der Waals surface area (Å²) in [6, 6.07) is 10.4. The van der Waals surface area contributed by atoms with Crippen LogP contribution in [0.25, 0.3) is 5.69 Å². The lowest BCUT2D eigenvalue weighted by Crippen LogP contribution is -2.25. The minimum atomic E-state index is -0.212. The van der Waals surface area contributed by atoms with Gasteiger partial charge in [0.2, 0.25) is 5.91 Å². The van der Waals surface area contributed by atoms with E-state index in [1.165, 1.54) is 0 Å². The molecular formula is C23H21Cl3N4O2. The third kappa shape index (κ3) is 4.93. The van der Waals surface area contributed by atoms with Gasteiger partial charge in [0, 0.05) is 23.0 Å². The van der Waals surface area contributed by atoms with Crippen LogP contribution in [0.5, 0.6) is 0 Å². The first-order valence-corrected chi connectivity index (χ1v) is 11.3. The lowest BCUT2D eigenvalue weighted by atomic mass is 10.1. The molecule has 0 unspecified atom stereocenters. The molecule has 2 aromatic carbocycles. The number of amides is 2. The van der Waals surface area contributed by atoms with E-state index in [4.69, 9.17) is 34.8 Å². The summed E-state index contributed by atoms with van der Waals surface area (Å²) in [6.07, 6.45) is 2.14. The molecule has 166 valence electrons. The SMILES string of the molecule is Cc1nn(-c2ccc(Cl)c(Cl)c2)c(C)c1CC(=O)Nc1ccc(C(=O)NC2CC2)c(Cl)c1. The van der Waals surface area contributed by atoms with Gasteiger partial charge in [-0.3, -0.25) is 9.59 Å². The highest BCUT2D eigenvalue weighted by Crippen LogP contribution is 2.27. The molecule has 1 aliphatic rings. The molecule has 3 aromatic rings. The van der Waals surface area contributed by atoms with Gasteiger partial charge in [-0.05, 0) is 63.1 Å². The van der Waals surface area contributed by atoms with E-state index < -0.39 is 0 Å². The number of nitrogens with zero attached hydrogens (tertiary/aromatic N) is 2. The molecule has 32 heavy (non-hydrogen) atoms. The summed E-state index contributed by atoms with van der Waals surface area (Å²) >= 11 is 18.4. The Balaban J connectivity index is 1.47. The summed E-state index contributed by atoms with van der Waals surface area (Å²) in [6.45, 7) is 3.75. The molecule has 2 N–H and O–H groups in total. The van der Waals surface area contributed by atoms with E-state index >= 15 is 0 Å². The highest BCUT2D eigenvalue weighted by molar-refractivity contribution is 6.42. The zero-order valence-electron chi connectivity index (χ0n) is 17.5. The minimum Gasteiger partial charge on any atom is -0.349 e. The molecule has 0 atom stereocenters. The molecule has 0 spiro atoms. The molecule has 1 saturated carbocycles. The number of nitrogens with one attached hydrogen (secondary N) is 2. The van der Waals surface area contributed by atoms with Crippen molar-refractivity contribution in [2.75, 3.05) is 5.32 Å². The summed E-state index contributed by atoms with van der Waals surface area (Å²) in [5, 5.41) is 11.5. The first-order valence-electron chi connectivity index (χ1n) is 10.1. The summed E-state index contributed by atoms with van der Waals surface area (Å²) in [7, 11) is 0. The van der Waals surface area contributed by atoms with Gasteiger partial charge in [-0.15, -0.1) is 0 Å². The van der Waals surface area contributed by atoms with Crippen molar-refractivity contribution in [2.24, 2.45) is 0 Å². The lowest BCUT2D eigenvalue weighted by molar-refractivity contribution is -0.115. The van der Waals surface area contributed by atoms with Gasteiger partial charge in [-0.2, -0.15) is 5.10 Å². The molecule has 4 rings (SSSR count). The Morgan fingerprint density at radius 3 is 2.44 bits per heavy atom. The Labute approximate surface area is 200 Å². The molecule has 0 saturated heterocycles. The van der Waals surface area contributed by atoms with Crippen LogP contribution in [0.15, 0.2) is 36.4 Å². The van der Waals surface area contributed by atoms with Crippen LogP contribution < -0.4 is 10.6 Å².